The first-order chi connectivity index (χ1) is 9.40. The number of nitrogens with one attached hydrogen (secondary N) is 1. The molecule has 0 radical (unpaired) electrons. The van der Waals surface area contributed by atoms with Crippen molar-refractivity contribution in [3.05, 3.63) is 11.9 Å². The first-order valence-corrected chi connectivity index (χ1v) is 6.76. The maximum absolute atomic E-state index is 12.5. The largest absolute Gasteiger partial charge is 0.465 e. The van der Waals surface area contributed by atoms with Crippen LogP contribution in [-0.2, 0) is 0 Å². The van der Waals surface area contributed by atoms with Crippen LogP contribution >= 0.6 is 0 Å². The predicted molar refractivity (Wildman–Crippen MR) is 68.9 cm³/mol. The van der Waals surface area contributed by atoms with Crippen LogP contribution in [0.15, 0.2) is 6.07 Å². The number of aromatic nitrogens is 2. The summed E-state index contributed by atoms with van der Waals surface area (Å²) < 4.78 is 42.5. The Kier molecular flexibility index (Phi) is 4.35. The molecule has 112 valence electrons. The molecule has 0 aliphatic heterocycles. The molecule has 1 aromatic rings. The third-order valence-electron chi connectivity index (χ3n) is 2.98. The molecule has 7 heteroatoms. The summed E-state index contributed by atoms with van der Waals surface area (Å²) in [5.74, 6) is 1.32. The molecule has 4 nitrogen and oxygen atoms in total. The summed E-state index contributed by atoms with van der Waals surface area (Å²) in [5.41, 5.74) is 0. The zero-order valence-electron chi connectivity index (χ0n) is 11.5. The van der Waals surface area contributed by atoms with Crippen LogP contribution in [-0.4, -0.2) is 28.8 Å². The summed E-state index contributed by atoms with van der Waals surface area (Å²) in [6.45, 7) is 3.67. The lowest BCUT2D eigenvalue weighted by atomic mass is 10.3. The van der Waals surface area contributed by atoms with Gasteiger partial charge in [0.15, 0.2) is 6.10 Å². The fourth-order valence-corrected chi connectivity index (χ4v) is 1.62. The molecule has 2 rings (SSSR count). The van der Waals surface area contributed by atoms with Crippen molar-refractivity contribution in [1.82, 2.24) is 9.97 Å². The van der Waals surface area contributed by atoms with Gasteiger partial charge in [-0.2, -0.15) is 18.2 Å². The molecule has 1 aromatic heterocycles. The zero-order chi connectivity index (χ0) is 14.8. The third-order valence-corrected chi connectivity index (χ3v) is 2.98. The fraction of sp³-hybridized carbons (Fsp3) is 0.692. The van der Waals surface area contributed by atoms with E-state index < -0.39 is 12.3 Å². The number of ether oxygens (including phenoxy) is 1. The molecular weight excluding hydrogens is 271 g/mol. The Morgan fingerprint density at radius 2 is 2.10 bits per heavy atom. The molecule has 0 saturated heterocycles. The topological polar surface area (TPSA) is 47.0 Å². The quantitative estimate of drug-likeness (QED) is 0.870. The number of hydrogen-bond donors (Lipinski definition) is 1. The number of rotatable bonds is 6. The van der Waals surface area contributed by atoms with Gasteiger partial charge in [0.05, 0.1) is 0 Å². The highest BCUT2D eigenvalue weighted by molar-refractivity contribution is 5.39. The average Bonchev–Trinajstić information content (AvgIpc) is 3.19. The highest BCUT2D eigenvalue weighted by Gasteiger charge is 2.38. The molecule has 0 aromatic carbocycles. The third kappa shape index (κ3) is 3.98. The number of halogens is 3. The van der Waals surface area contributed by atoms with Crippen LogP contribution in [0.3, 0.4) is 0 Å². The molecule has 0 spiro atoms. The predicted octanol–water partition coefficient (Wildman–Crippen LogP) is 3.51. The van der Waals surface area contributed by atoms with Crippen molar-refractivity contribution in [3.8, 4) is 5.88 Å². The van der Waals surface area contributed by atoms with Gasteiger partial charge < -0.3 is 10.1 Å². The maximum Gasteiger partial charge on any atom is 0.425 e. The molecule has 1 N–H and O–H groups in total. The van der Waals surface area contributed by atoms with Gasteiger partial charge in [0, 0.05) is 18.5 Å². The second-order valence-corrected chi connectivity index (χ2v) is 4.95. The van der Waals surface area contributed by atoms with E-state index in [0.29, 0.717) is 18.2 Å². The van der Waals surface area contributed by atoms with Crippen molar-refractivity contribution < 1.29 is 17.9 Å². The van der Waals surface area contributed by atoms with Crippen LogP contribution in [0.5, 0.6) is 5.88 Å². The lowest BCUT2D eigenvalue weighted by Crippen LogP contribution is -2.31. The van der Waals surface area contributed by atoms with Crippen LogP contribution in [0.25, 0.3) is 0 Å². The Morgan fingerprint density at radius 3 is 2.65 bits per heavy atom. The van der Waals surface area contributed by atoms with Gasteiger partial charge in [-0.1, -0.05) is 6.92 Å². The highest BCUT2D eigenvalue weighted by atomic mass is 19.4. The van der Waals surface area contributed by atoms with Gasteiger partial charge in [0.1, 0.15) is 11.6 Å². The number of anilines is 1. The minimum absolute atomic E-state index is 0.0228. The van der Waals surface area contributed by atoms with Gasteiger partial charge in [-0.25, -0.2) is 4.98 Å². The molecule has 20 heavy (non-hydrogen) atoms. The van der Waals surface area contributed by atoms with Crippen LogP contribution in [0.4, 0.5) is 19.0 Å². The molecular formula is C13H18F3N3O. The van der Waals surface area contributed by atoms with Crippen molar-refractivity contribution >= 4 is 5.82 Å². The molecule has 0 amide bonds. The second-order valence-electron chi connectivity index (χ2n) is 4.95. The van der Waals surface area contributed by atoms with E-state index in [1.54, 1.807) is 0 Å². The van der Waals surface area contributed by atoms with Gasteiger partial charge in [-0.15, -0.1) is 0 Å². The fourth-order valence-electron chi connectivity index (χ4n) is 1.62. The van der Waals surface area contributed by atoms with Crippen LogP contribution in [0.1, 0.15) is 44.9 Å². The summed E-state index contributed by atoms with van der Waals surface area (Å²) in [4.78, 5) is 8.40. The molecule has 1 fully saturated rings. The monoisotopic (exact) mass is 289 g/mol. The van der Waals surface area contributed by atoms with Crippen molar-refractivity contribution in [2.24, 2.45) is 0 Å². The Morgan fingerprint density at radius 1 is 1.40 bits per heavy atom. The molecule has 1 saturated carbocycles. The highest BCUT2D eigenvalue weighted by Crippen LogP contribution is 2.39. The van der Waals surface area contributed by atoms with E-state index in [-0.39, 0.29) is 11.8 Å². The number of alkyl halides is 3. The molecule has 1 heterocycles. The summed E-state index contributed by atoms with van der Waals surface area (Å²) in [7, 11) is 0. The number of nitrogens with zero attached hydrogens (tertiary/aromatic N) is 2. The van der Waals surface area contributed by atoms with E-state index in [1.165, 1.54) is 6.07 Å². The van der Waals surface area contributed by atoms with Crippen molar-refractivity contribution in [1.29, 1.82) is 0 Å². The summed E-state index contributed by atoms with van der Waals surface area (Å²) >= 11 is 0. The average molecular weight is 289 g/mol. The van der Waals surface area contributed by atoms with Gasteiger partial charge in [-0.3, -0.25) is 0 Å². The summed E-state index contributed by atoms with van der Waals surface area (Å²) in [5, 5.41) is 3.06. The second kappa shape index (κ2) is 5.85. The SMILES string of the molecule is CCCNc1cc(OC(C)C(F)(F)F)nc(C2CC2)n1. The normalized spacial score (nSPS) is 16.9. The molecule has 1 aliphatic carbocycles. The van der Waals surface area contributed by atoms with Gasteiger partial charge >= 0.3 is 6.18 Å². The Balaban J connectivity index is 2.16. The Bertz CT molecular complexity index is 461. The van der Waals surface area contributed by atoms with Gasteiger partial charge in [0.2, 0.25) is 5.88 Å². The van der Waals surface area contributed by atoms with E-state index >= 15 is 0 Å². The minimum atomic E-state index is -4.40. The van der Waals surface area contributed by atoms with Gasteiger partial charge in [0.25, 0.3) is 0 Å². The van der Waals surface area contributed by atoms with E-state index in [4.69, 9.17) is 4.74 Å². The smallest absolute Gasteiger partial charge is 0.425 e. The van der Waals surface area contributed by atoms with E-state index in [0.717, 1.165) is 26.2 Å². The Hall–Kier alpha value is -1.53. The molecule has 1 aliphatic rings. The van der Waals surface area contributed by atoms with E-state index in [2.05, 4.69) is 15.3 Å². The Labute approximate surface area is 115 Å². The molecule has 1 atom stereocenters. The van der Waals surface area contributed by atoms with E-state index in [9.17, 15) is 13.2 Å². The first-order valence-electron chi connectivity index (χ1n) is 6.76. The first kappa shape index (κ1) is 14.9. The standard InChI is InChI=1S/C13H18F3N3O/c1-3-6-17-10-7-11(20-8(2)13(14,15)16)19-12(18-10)9-4-5-9/h7-9H,3-6H2,1-2H3,(H,17,18,19). The van der Waals surface area contributed by atoms with Crippen molar-refractivity contribution in [2.75, 3.05) is 11.9 Å². The van der Waals surface area contributed by atoms with Crippen LogP contribution in [0, 0.1) is 0 Å². The van der Waals surface area contributed by atoms with Crippen molar-refractivity contribution in [2.45, 2.75) is 51.3 Å². The van der Waals surface area contributed by atoms with Crippen molar-refractivity contribution in [3.63, 3.8) is 0 Å². The van der Waals surface area contributed by atoms with Crippen LogP contribution in [0.2, 0.25) is 0 Å². The molecule has 0 bridgehead atoms. The lowest BCUT2D eigenvalue weighted by molar-refractivity contribution is -0.190. The van der Waals surface area contributed by atoms with Gasteiger partial charge in [-0.05, 0) is 26.2 Å². The lowest BCUT2D eigenvalue weighted by Gasteiger charge is -2.18. The maximum atomic E-state index is 12.5. The molecule has 1 unspecified atom stereocenters. The zero-order valence-corrected chi connectivity index (χ0v) is 11.5. The number of hydrogen-bond acceptors (Lipinski definition) is 4. The van der Waals surface area contributed by atoms with Crippen LogP contribution < -0.4 is 10.1 Å². The summed E-state index contributed by atoms with van der Waals surface area (Å²) in [6, 6.07) is 1.42. The minimum Gasteiger partial charge on any atom is -0.465 e. The summed E-state index contributed by atoms with van der Waals surface area (Å²) in [6.07, 6.45) is -3.43. The van der Waals surface area contributed by atoms with E-state index in [1.807, 2.05) is 6.92 Å².